The van der Waals surface area contributed by atoms with Gasteiger partial charge in [0.25, 0.3) is 10.1 Å². The van der Waals surface area contributed by atoms with Crippen LogP contribution in [0.1, 0.15) is 13.8 Å². The fourth-order valence-electron chi connectivity index (χ4n) is 0.412. The van der Waals surface area contributed by atoms with Crippen LogP contribution in [0.5, 0.6) is 0 Å². The maximum Gasteiger partial charge on any atom is 0.288 e. The van der Waals surface area contributed by atoms with Crippen molar-refractivity contribution in [2.24, 2.45) is 0 Å². The Balaban J connectivity index is 4.66. The average Bonchev–Trinajstić information content (AvgIpc) is 1.84. The number of rotatable bonds is 3. The lowest BCUT2D eigenvalue weighted by Gasteiger charge is -2.21. The molecule has 0 fully saturated rings. The minimum Gasteiger partial charge on any atom is -0.332 e. The molecule has 6 heteroatoms. The van der Waals surface area contributed by atoms with Gasteiger partial charge >= 0.3 is 0 Å². The van der Waals surface area contributed by atoms with Gasteiger partial charge in [0.1, 0.15) is 0 Å². The van der Waals surface area contributed by atoms with Crippen LogP contribution in [0.15, 0.2) is 12.7 Å². The van der Waals surface area contributed by atoms with Crippen molar-refractivity contribution >= 4 is 16.0 Å². The van der Waals surface area contributed by atoms with Crippen LogP contribution in [0.4, 0.5) is 0 Å². The van der Waals surface area contributed by atoms with Gasteiger partial charge in [-0.3, -0.25) is 9.35 Å². The Morgan fingerprint density at radius 3 is 2.25 bits per heavy atom. The third kappa shape index (κ3) is 2.63. The van der Waals surface area contributed by atoms with E-state index in [2.05, 4.69) is 11.9 Å². The van der Waals surface area contributed by atoms with Crippen LogP contribution in [0.2, 0.25) is 0 Å². The van der Waals surface area contributed by atoms with Gasteiger partial charge in [-0.25, -0.2) is 0 Å². The Hall–Kier alpha value is -0.880. The number of nitrogens with one attached hydrogen (secondary N) is 1. The average molecular weight is 193 g/mol. The Kier molecular flexibility index (Phi) is 3.00. The highest BCUT2D eigenvalue weighted by Gasteiger charge is 2.33. The second kappa shape index (κ2) is 3.24. The van der Waals surface area contributed by atoms with Crippen molar-refractivity contribution in [1.29, 1.82) is 0 Å². The van der Waals surface area contributed by atoms with Crippen molar-refractivity contribution < 1.29 is 17.8 Å². The molecule has 0 bridgehead atoms. The highest BCUT2D eigenvalue weighted by Crippen LogP contribution is 2.09. The molecule has 0 rings (SSSR count). The molecule has 0 aromatic carbocycles. The predicted molar refractivity (Wildman–Crippen MR) is 44.0 cm³/mol. The molecule has 0 saturated heterocycles. The first-order chi connectivity index (χ1) is 5.20. The summed E-state index contributed by atoms with van der Waals surface area (Å²) in [5.74, 6) is -0.655. The molecule has 0 saturated carbocycles. The highest BCUT2D eigenvalue weighted by molar-refractivity contribution is 7.87. The molecule has 0 spiro atoms. The van der Waals surface area contributed by atoms with Crippen molar-refractivity contribution in [3.05, 3.63) is 12.7 Å². The van der Waals surface area contributed by atoms with Crippen LogP contribution in [0.25, 0.3) is 0 Å². The molecule has 0 atom stereocenters. The lowest BCUT2D eigenvalue weighted by Crippen LogP contribution is -2.48. The molecule has 70 valence electrons. The molecule has 2 N–H and O–H groups in total. The predicted octanol–water partition coefficient (Wildman–Crippen LogP) is -0.0875. The van der Waals surface area contributed by atoms with E-state index in [1.54, 1.807) is 0 Å². The summed E-state index contributed by atoms with van der Waals surface area (Å²) in [5, 5.41) is 2.05. The van der Waals surface area contributed by atoms with Gasteiger partial charge in [0.05, 0.1) is 0 Å². The van der Waals surface area contributed by atoms with Crippen LogP contribution < -0.4 is 5.32 Å². The lowest BCUT2D eigenvalue weighted by molar-refractivity contribution is -0.117. The van der Waals surface area contributed by atoms with E-state index < -0.39 is 20.9 Å². The van der Waals surface area contributed by atoms with E-state index in [-0.39, 0.29) is 0 Å². The summed E-state index contributed by atoms with van der Waals surface area (Å²) in [5.41, 5.74) is 0. The van der Waals surface area contributed by atoms with Gasteiger partial charge in [0.15, 0.2) is 4.87 Å². The molecule has 0 heterocycles. The normalized spacial score (nSPS) is 12.2. The molecule has 0 aliphatic heterocycles. The Morgan fingerprint density at radius 2 is 2.00 bits per heavy atom. The molecule has 0 aliphatic carbocycles. The number of hydrogen-bond donors (Lipinski definition) is 2. The number of hydrogen-bond acceptors (Lipinski definition) is 3. The highest BCUT2D eigenvalue weighted by atomic mass is 32.2. The summed E-state index contributed by atoms with van der Waals surface area (Å²) in [6.07, 6.45) is 0.924. The largest absolute Gasteiger partial charge is 0.332 e. The van der Waals surface area contributed by atoms with Crippen molar-refractivity contribution in [3.8, 4) is 0 Å². The zero-order valence-electron chi connectivity index (χ0n) is 6.86. The molecule has 12 heavy (non-hydrogen) atoms. The second-order valence-electron chi connectivity index (χ2n) is 2.68. The van der Waals surface area contributed by atoms with Gasteiger partial charge in [-0.05, 0) is 19.9 Å². The SMILES string of the molecule is C=CC(=O)NC(C)(C)S(=O)(=O)O. The summed E-state index contributed by atoms with van der Waals surface area (Å²) in [4.78, 5) is 8.99. The fraction of sp³-hybridized carbons (Fsp3) is 0.500. The standard InChI is InChI=1S/C6H11NO4S/c1-4-5(8)7-6(2,3)12(9,10)11/h4H,1H2,2-3H3,(H,7,8)(H,9,10,11). The van der Waals surface area contributed by atoms with Gasteiger partial charge in [-0.15, -0.1) is 0 Å². The molecular formula is C6H11NO4S. The first kappa shape index (κ1) is 11.1. The Morgan fingerprint density at radius 1 is 1.58 bits per heavy atom. The van der Waals surface area contributed by atoms with Crippen LogP contribution in [-0.2, 0) is 14.9 Å². The summed E-state index contributed by atoms with van der Waals surface area (Å²) < 4.78 is 29.8. The zero-order valence-corrected chi connectivity index (χ0v) is 7.68. The quantitative estimate of drug-likeness (QED) is 0.484. The topological polar surface area (TPSA) is 83.5 Å². The minimum absolute atomic E-state index is 0.655. The Bertz CT molecular complexity index is 291. The maximum atomic E-state index is 10.7. The van der Waals surface area contributed by atoms with Crippen LogP contribution in [-0.4, -0.2) is 23.7 Å². The van der Waals surface area contributed by atoms with Crippen molar-refractivity contribution in [2.75, 3.05) is 0 Å². The number of carbonyl (C=O) groups is 1. The first-order valence-corrected chi connectivity index (χ1v) is 4.56. The Labute approximate surface area is 71.2 Å². The van der Waals surface area contributed by atoms with E-state index in [0.29, 0.717) is 0 Å². The van der Waals surface area contributed by atoms with Crippen molar-refractivity contribution in [3.63, 3.8) is 0 Å². The van der Waals surface area contributed by atoms with E-state index >= 15 is 0 Å². The van der Waals surface area contributed by atoms with Crippen LogP contribution in [0, 0.1) is 0 Å². The third-order valence-electron chi connectivity index (χ3n) is 1.25. The monoisotopic (exact) mass is 193 g/mol. The summed E-state index contributed by atoms with van der Waals surface area (Å²) in [6, 6.07) is 0. The number of carbonyl (C=O) groups excluding carboxylic acids is 1. The summed E-state index contributed by atoms with van der Waals surface area (Å²) in [6.45, 7) is 5.48. The lowest BCUT2D eigenvalue weighted by atomic mass is 10.4. The molecule has 5 nitrogen and oxygen atoms in total. The van der Waals surface area contributed by atoms with Gasteiger partial charge in [0.2, 0.25) is 5.91 Å². The van der Waals surface area contributed by atoms with E-state index in [4.69, 9.17) is 4.55 Å². The van der Waals surface area contributed by atoms with Gasteiger partial charge < -0.3 is 5.32 Å². The van der Waals surface area contributed by atoms with E-state index in [1.807, 2.05) is 0 Å². The smallest absolute Gasteiger partial charge is 0.288 e. The first-order valence-electron chi connectivity index (χ1n) is 3.12. The molecular weight excluding hydrogens is 182 g/mol. The van der Waals surface area contributed by atoms with Crippen molar-refractivity contribution in [2.45, 2.75) is 18.7 Å². The van der Waals surface area contributed by atoms with E-state index in [9.17, 15) is 13.2 Å². The molecule has 0 unspecified atom stereocenters. The van der Waals surface area contributed by atoms with Crippen molar-refractivity contribution in [1.82, 2.24) is 5.32 Å². The van der Waals surface area contributed by atoms with Crippen LogP contribution >= 0.6 is 0 Å². The molecule has 0 aromatic heterocycles. The van der Waals surface area contributed by atoms with Gasteiger partial charge in [0, 0.05) is 0 Å². The van der Waals surface area contributed by atoms with Gasteiger partial charge in [-0.1, -0.05) is 6.58 Å². The van der Waals surface area contributed by atoms with Crippen LogP contribution in [0.3, 0.4) is 0 Å². The molecule has 0 aliphatic rings. The second-order valence-corrected chi connectivity index (χ2v) is 4.65. The summed E-state index contributed by atoms with van der Waals surface area (Å²) in [7, 11) is -4.29. The van der Waals surface area contributed by atoms with E-state index in [0.717, 1.165) is 6.08 Å². The third-order valence-corrected chi connectivity index (χ3v) is 2.65. The van der Waals surface area contributed by atoms with E-state index in [1.165, 1.54) is 13.8 Å². The molecule has 1 amide bonds. The fourth-order valence-corrected chi connectivity index (χ4v) is 0.642. The maximum absolute atomic E-state index is 10.7. The minimum atomic E-state index is -4.29. The number of amides is 1. The molecule has 0 aromatic rings. The summed E-state index contributed by atoms with van der Waals surface area (Å²) >= 11 is 0. The zero-order chi connectivity index (χ0) is 9.99. The molecule has 0 radical (unpaired) electrons. The van der Waals surface area contributed by atoms with Gasteiger partial charge in [-0.2, -0.15) is 8.42 Å².